The van der Waals surface area contributed by atoms with Crippen molar-refractivity contribution in [3.63, 3.8) is 0 Å². The molecule has 2 aliphatic rings. The van der Waals surface area contributed by atoms with E-state index < -0.39 is 0 Å². The first-order chi connectivity index (χ1) is 12.6. The highest BCUT2D eigenvalue weighted by molar-refractivity contribution is 7.99. The first-order valence-electron chi connectivity index (χ1n) is 9.54. The molecule has 0 saturated carbocycles. The van der Waals surface area contributed by atoms with Crippen LogP contribution in [0.3, 0.4) is 0 Å². The van der Waals surface area contributed by atoms with Gasteiger partial charge in [-0.3, -0.25) is 0 Å². The molecule has 1 unspecified atom stereocenters. The van der Waals surface area contributed by atoms with E-state index in [0.29, 0.717) is 0 Å². The van der Waals surface area contributed by atoms with E-state index >= 15 is 0 Å². The average Bonchev–Trinajstić information content (AvgIpc) is 2.64. The van der Waals surface area contributed by atoms with Gasteiger partial charge in [0, 0.05) is 46.4 Å². The number of piperazine rings is 1. The maximum atomic E-state index is 6.38. The lowest BCUT2D eigenvalue weighted by atomic mass is 9.72. The molecule has 1 atom stereocenters. The molecule has 0 radical (unpaired) electrons. The fourth-order valence-corrected chi connectivity index (χ4v) is 5.78. The van der Waals surface area contributed by atoms with E-state index in [1.165, 1.54) is 60.1 Å². The second-order valence-electron chi connectivity index (χ2n) is 7.82. The smallest absolute Gasteiger partial charge is 0.0409 e. The van der Waals surface area contributed by atoms with Crippen LogP contribution in [0.2, 0.25) is 5.02 Å². The van der Waals surface area contributed by atoms with Crippen LogP contribution < -0.4 is 0 Å². The highest BCUT2D eigenvalue weighted by atomic mass is 35.5. The van der Waals surface area contributed by atoms with Crippen molar-refractivity contribution in [3.05, 3.63) is 58.6 Å². The van der Waals surface area contributed by atoms with Crippen molar-refractivity contribution in [1.82, 2.24) is 9.80 Å². The first kappa shape index (κ1) is 18.4. The minimum absolute atomic E-state index is 0.0364. The third-order valence-electron chi connectivity index (χ3n) is 5.98. The van der Waals surface area contributed by atoms with Gasteiger partial charge < -0.3 is 9.80 Å². The van der Waals surface area contributed by atoms with Gasteiger partial charge in [-0.05, 0) is 61.8 Å². The molecule has 4 rings (SSSR count). The van der Waals surface area contributed by atoms with E-state index in [4.69, 9.17) is 11.6 Å². The van der Waals surface area contributed by atoms with Crippen molar-refractivity contribution in [2.75, 3.05) is 39.8 Å². The molecule has 138 valence electrons. The molecule has 0 spiro atoms. The predicted molar refractivity (Wildman–Crippen MR) is 112 cm³/mol. The SMILES string of the molecule is CN1CCN(CCCC2(C)c3ccccc3Sc3ccc(Cl)cc32)CC1. The summed E-state index contributed by atoms with van der Waals surface area (Å²) in [5.74, 6) is 0. The number of benzene rings is 2. The first-order valence-corrected chi connectivity index (χ1v) is 10.7. The van der Waals surface area contributed by atoms with Gasteiger partial charge in [0.15, 0.2) is 0 Å². The number of nitrogens with zero attached hydrogens (tertiary/aromatic N) is 2. The van der Waals surface area contributed by atoms with Crippen LogP contribution in [0.4, 0.5) is 0 Å². The largest absolute Gasteiger partial charge is 0.304 e. The number of hydrogen-bond donors (Lipinski definition) is 0. The number of rotatable bonds is 4. The van der Waals surface area contributed by atoms with E-state index in [-0.39, 0.29) is 5.41 Å². The Morgan fingerprint density at radius 2 is 1.73 bits per heavy atom. The Labute approximate surface area is 166 Å². The average molecular weight is 387 g/mol. The van der Waals surface area contributed by atoms with Gasteiger partial charge in [-0.1, -0.05) is 48.5 Å². The maximum absolute atomic E-state index is 6.38. The normalized spacial score (nSPS) is 23.5. The Morgan fingerprint density at radius 1 is 1.00 bits per heavy atom. The summed E-state index contributed by atoms with van der Waals surface area (Å²) in [4.78, 5) is 7.79. The zero-order chi connectivity index (χ0) is 18.1. The van der Waals surface area contributed by atoms with Gasteiger partial charge in [-0.2, -0.15) is 0 Å². The minimum atomic E-state index is 0.0364. The van der Waals surface area contributed by atoms with E-state index in [2.05, 4.69) is 60.2 Å². The van der Waals surface area contributed by atoms with Crippen molar-refractivity contribution in [1.29, 1.82) is 0 Å². The van der Waals surface area contributed by atoms with E-state index in [0.717, 1.165) is 11.4 Å². The summed E-state index contributed by atoms with van der Waals surface area (Å²) in [6.07, 6.45) is 2.37. The summed E-state index contributed by atoms with van der Waals surface area (Å²) >= 11 is 8.26. The van der Waals surface area contributed by atoms with Gasteiger partial charge in [-0.15, -0.1) is 0 Å². The Balaban J connectivity index is 1.56. The molecule has 2 aromatic rings. The van der Waals surface area contributed by atoms with E-state index in [1.54, 1.807) is 0 Å². The molecule has 2 aromatic carbocycles. The van der Waals surface area contributed by atoms with Crippen LogP contribution in [0, 0.1) is 0 Å². The molecular weight excluding hydrogens is 360 g/mol. The summed E-state index contributed by atoms with van der Waals surface area (Å²) in [5, 5.41) is 0.842. The molecule has 1 fully saturated rings. The molecule has 26 heavy (non-hydrogen) atoms. The van der Waals surface area contributed by atoms with Gasteiger partial charge in [0.25, 0.3) is 0 Å². The molecule has 0 N–H and O–H groups in total. The second kappa shape index (κ2) is 7.55. The lowest BCUT2D eigenvalue weighted by Crippen LogP contribution is -2.44. The highest BCUT2D eigenvalue weighted by Gasteiger charge is 2.36. The molecule has 0 amide bonds. The zero-order valence-corrected chi connectivity index (χ0v) is 17.2. The van der Waals surface area contributed by atoms with Gasteiger partial charge in [-0.25, -0.2) is 0 Å². The Bertz CT molecular complexity index is 785. The van der Waals surface area contributed by atoms with Crippen molar-refractivity contribution < 1.29 is 0 Å². The van der Waals surface area contributed by atoms with Crippen LogP contribution in [0.1, 0.15) is 30.9 Å². The van der Waals surface area contributed by atoms with Gasteiger partial charge in [0.2, 0.25) is 0 Å². The van der Waals surface area contributed by atoms with Crippen LogP contribution in [0.15, 0.2) is 52.3 Å². The fraction of sp³-hybridized carbons (Fsp3) is 0.455. The third kappa shape index (κ3) is 3.55. The molecule has 2 heterocycles. The maximum Gasteiger partial charge on any atom is 0.0409 e. The molecule has 0 bridgehead atoms. The summed E-state index contributed by atoms with van der Waals surface area (Å²) in [6.45, 7) is 8.37. The van der Waals surface area contributed by atoms with Crippen LogP contribution >= 0.6 is 23.4 Å². The summed E-state index contributed by atoms with van der Waals surface area (Å²) in [7, 11) is 2.22. The van der Waals surface area contributed by atoms with E-state index in [9.17, 15) is 0 Å². The van der Waals surface area contributed by atoms with E-state index in [1.807, 2.05) is 17.8 Å². The van der Waals surface area contributed by atoms with Crippen molar-refractivity contribution in [2.24, 2.45) is 0 Å². The predicted octanol–water partition coefficient (Wildman–Crippen LogP) is 5.14. The monoisotopic (exact) mass is 386 g/mol. The number of hydrogen-bond acceptors (Lipinski definition) is 3. The summed E-state index contributed by atoms with van der Waals surface area (Å²) in [5.41, 5.74) is 2.89. The van der Waals surface area contributed by atoms with Crippen molar-refractivity contribution in [2.45, 2.75) is 35.0 Å². The Kier molecular flexibility index (Phi) is 5.34. The molecule has 0 aromatic heterocycles. The van der Waals surface area contributed by atoms with Crippen LogP contribution in [-0.2, 0) is 5.41 Å². The number of fused-ring (bicyclic) bond motifs is 2. The van der Waals surface area contributed by atoms with Crippen LogP contribution in [0.5, 0.6) is 0 Å². The van der Waals surface area contributed by atoms with Crippen LogP contribution in [-0.4, -0.2) is 49.6 Å². The van der Waals surface area contributed by atoms with Gasteiger partial charge >= 0.3 is 0 Å². The van der Waals surface area contributed by atoms with Gasteiger partial charge in [0.05, 0.1) is 0 Å². The van der Waals surface area contributed by atoms with Gasteiger partial charge in [0.1, 0.15) is 0 Å². The Morgan fingerprint density at radius 3 is 2.54 bits per heavy atom. The lowest BCUT2D eigenvalue weighted by Gasteiger charge is -2.39. The summed E-state index contributed by atoms with van der Waals surface area (Å²) in [6, 6.07) is 15.3. The van der Waals surface area contributed by atoms with Crippen molar-refractivity contribution >= 4 is 23.4 Å². The molecule has 2 nitrogen and oxygen atoms in total. The zero-order valence-electron chi connectivity index (χ0n) is 15.7. The minimum Gasteiger partial charge on any atom is -0.304 e. The fourth-order valence-electron chi connectivity index (χ4n) is 4.29. The Hall–Kier alpha value is -1.00. The van der Waals surface area contributed by atoms with Crippen LogP contribution in [0.25, 0.3) is 0 Å². The second-order valence-corrected chi connectivity index (χ2v) is 9.34. The molecular formula is C22H27ClN2S. The molecule has 2 aliphatic heterocycles. The standard InChI is InChI=1S/C22H27ClN2S/c1-22(10-5-11-25-14-12-24(2)13-15-25)18-6-3-4-7-20(18)26-21-9-8-17(23)16-19(21)22/h3-4,6-9,16H,5,10-15H2,1-2H3. The number of likely N-dealkylation sites (N-methyl/N-ethyl adjacent to an activating group) is 1. The summed E-state index contributed by atoms with van der Waals surface area (Å²) < 4.78 is 0. The molecule has 4 heteroatoms. The topological polar surface area (TPSA) is 6.48 Å². The lowest BCUT2D eigenvalue weighted by molar-refractivity contribution is 0.150. The third-order valence-corrected chi connectivity index (χ3v) is 7.37. The highest BCUT2D eigenvalue weighted by Crippen LogP contribution is 2.51. The molecule has 0 aliphatic carbocycles. The number of halogens is 1. The van der Waals surface area contributed by atoms with Crippen molar-refractivity contribution in [3.8, 4) is 0 Å². The quantitative estimate of drug-likeness (QED) is 0.718. The molecule has 1 saturated heterocycles.